The molecule has 6 heteroatoms. The second-order valence-corrected chi connectivity index (χ2v) is 6.58. The van der Waals surface area contributed by atoms with Gasteiger partial charge in [0.1, 0.15) is 5.75 Å². The van der Waals surface area contributed by atoms with Crippen LogP contribution in [-0.4, -0.2) is 40.0 Å². The minimum atomic E-state index is -0.412. The van der Waals surface area contributed by atoms with Gasteiger partial charge >= 0.3 is 13.1 Å². The van der Waals surface area contributed by atoms with Crippen LogP contribution in [0, 0.1) is 0 Å². The molecule has 1 saturated heterocycles. The maximum absolute atomic E-state index is 11.5. The van der Waals surface area contributed by atoms with Gasteiger partial charge in [-0.15, -0.1) is 0 Å². The normalized spacial score (nSPS) is 14.8. The lowest BCUT2D eigenvalue weighted by Gasteiger charge is -2.28. The van der Waals surface area contributed by atoms with Crippen LogP contribution in [0.1, 0.15) is 41.6 Å². The van der Waals surface area contributed by atoms with Crippen molar-refractivity contribution in [2.75, 3.05) is 26.9 Å². The van der Waals surface area contributed by atoms with Crippen LogP contribution in [0.25, 0.3) is 0 Å². The van der Waals surface area contributed by atoms with Crippen LogP contribution < -0.4 is 10.2 Å². The van der Waals surface area contributed by atoms with E-state index in [0.29, 0.717) is 18.8 Å². The number of methoxy groups -OCH3 is 1. The Morgan fingerprint density at radius 2 is 1.74 bits per heavy atom. The van der Waals surface area contributed by atoms with Crippen molar-refractivity contribution >= 4 is 18.6 Å². The Morgan fingerprint density at radius 3 is 2.33 bits per heavy atom. The fourth-order valence-corrected chi connectivity index (χ4v) is 2.95. The van der Waals surface area contributed by atoms with Crippen molar-refractivity contribution in [3.63, 3.8) is 0 Å². The molecule has 27 heavy (non-hydrogen) atoms. The minimum Gasteiger partial charge on any atom is -0.494 e. The zero-order valence-electron chi connectivity index (χ0n) is 15.9. The van der Waals surface area contributed by atoms with Gasteiger partial charge in [0, 0.05) is 19.1 Å². The Morgan fingerprint density at radius 1 is 1.07 bits per heavy atom. The highest BCUT2D eigenvalue weighted by Gasteiger charge is 2.30. The highest BCUT2D eigenvalue weighted by molar-refractivity contribution is 6.61. The molecule has 0 amide bonds. The molecule has 1 fully saturated rings. The van der Waals surface area contributed by atoms with Gasteiger partial charge in [0.2, 0.25) is 0 Å². The fraction of sp³-hybridized carbons (Fsp3) is 0.381. The van der Waals surface area contributed by atoms with E-state index < -0.39 is 7.12 Å². The Kier molecular flexibility index (Phi) is 6.90. The van der Waals surface area contributed by atoms with Crippen LogP contribution in [0.4, 0.5) is 0 Å². The predicted octanol–water partition coefficient (Wildman–Crippen LogP) is 3.18. The molecule has 0 unspecified atom stereocenters. The lowest BCUT2D eigenvalue weighted by atomic mass is 9.77. The van der Waals surface area contributed by atoms with Crippen LogP contribution >= 0.6 is 0 Å². The quantitative estimate of drug-likeness (QED) is 0.427. The third kappa shape index (κ3) is 5.11. The number of unbranched alkanes of at least 4 members (excludes halogenated alkanes) is 1. The first kappa shape index (κ1) is 19.5. The molecule has 5 nitrogen and oxygen atoms in total. The summed E-state index contributed by atoms with van der Waals surface area (Å²) in [5, 5.41) is 0. The van der Waals surface area contributed by atoms with E-state index in [1.54, 1.807) is 12.1 Å². The molecule has 3 rings (SSSR count). The second kappa shape index (κ2) is 9.58. The lowest BCUT2D eigenvalue weighted by molar-refractivity contribution is 0.0600. The lowest BCUT2D eigenvalue weighted by Crippen LogP contribution is -2.43. The van der Waals surface area contributed by atoms with Crippen LogP contribution in [0.15, 0.2) is 48.5 Å². The van der Waals surface area contributed by atoms with Crippen molar-refractivity contribution < 1.29 is 23.6 Å². The Labute approximate surface area is 160 Å². The monoisotopic (exact) mass is 368 g/mol. The number of benzene rings is 2. The van der Waals surface area contributed by atoms with Gasteiger partial charge in [0.15, 0.2) is 0 Å². The molecular weight excluding hydrogens is 343 g/mol. The summed E-state index contributed by atoms with van der Waals surface area (Å²) >= 11 is 0. The van der Waals surface area contributed by atoms with Gasteiger partial charge in [-0.2, -0.15) is 0 Å². The van der Waals surface area contributed by atoms with E-state index >= 15 is 0 Å². The number of rotatable bonds is 7. The second-order valence-electron chi connectivity index (χ2n) is 6.58. The van der Waals surface area contributed by atoms with E-state index in [9.17, 15) is 4.79 Å². The molecule has 2 aromatic rings. The Hall–Kier alpha value is -2.31. The van der Waals surface area contributed by atoms with Crippen molar-refractivity contribution in [1.82, 2.24) is 0 Å². The number of esters is 1. The average molecular weight is 368 g/mol. The molecule has 1 heterocycles. The number of carbonyl (C=O) groups excluding carboxylic acids is 1. The van der Waals surface area contributed by atoms with Crippen molar-refractivity contribution in [2.24, 2.45) is 0 Å². The van der Waals surface area contributed by atoms with Gasteiger partial charge in [0.25, 0.3) is 0 Å². The first-order chi connectivity index (χ1) is 13.2. The SMILES string of the molecule is CCCCOc1ccc(C2COB(c3ccc(C(=O)OC)cc3)OC2)cc1. The minimum absolute atomic E-state index is 0.195. The summed E-state index contributed by atoms with van der Waals surface area (Å²) in [5.41, 5.74) is 2.58. The van der Waals surface area contributed by atoms with Crippen molar-refractivity contribution in [3.8, 4) is 5.75 Å². The molecule has 1 aliphatic heterocycles. The molecule has 0 aliphatic carbocycles. The third-order valence-corrected chi connectivity index (χ3v) is 4.62. The molecule has 0 radical (unpaired) electrons. The largest absolute Gasteiger partial charge is 0.494 e. The third-order valence-electron chi connectivity index (χ3n) is 4.62. The summed E-state index contributed by atoms with van der Waals surface area (Å²) < 4.78 is 22.2. The maximum Gasteiger partial charge on any atom is 0.493 e. The smallest absolute Gasteiger partial charge is 0.493 e. The van der Waals surface area contributed by atoms with Crippen molar-refractivity contribution in [1.29, 1.82) is 0 Å². The van der Waals surface area contributed by atoms with Gasteiger partial charge in [0.05, 0.1) is 19.3 Å². The standard InChI is InChI=1S/C21H25BO5/c1-3-4-13-25-20-11-7-16(8-12-20)18-14-26-22(27-15-18)19-9-5-17(6-10-19)21(23)24-2/h5-12,18H,3-4,13-15H2,1-2H3. The summed E-state index contributed by atoms with van der Waals surface area (Å²) in [6.45, 7) is 4.07. The van der Waals surface area contributed by atoms with Crippen LogP contribution in [0.2, 0.25) is 0 Å². The van der Waals surface area contributed by atoms with E-state index in [4.69, 9.17) is 18.8 Å². The highest BCUT2D eigenvalue weighted by atomic mass is 16.6. The van der Waals surface area contributed by atoms with Crippen LogP contribution in [-0.2, 0) is 14.0 Å². The fourth-order valence-electron chi connectivity index (χ4n) is 2.95. The zero-order valence-corrected chi connectivity index (χ0v) is 15.9. The molecule has 0 bridgehead atoms. The maximum atomic E-state index is 11.5. The Bertz CT molecular complexity index is 721. The summed E-state index contributed by atoms with van der Waals surface area (Å²) in [7, 11) is 0.956. The van der Waals surface area contributed by atoms with E-state index in [1.165, 1.54) is 12.7 Å². The predicted molar refractivity (Wildman–Crippen MR) is 105 cm³/mol. The molecule has 0 aromatic heterocycles. The van der Waals surface area contributed by atoms with Gasteiger partial charge < -0.3 is 18.8 Å². The van der Waals surface area contributed by atoms with Gasteiger partial charge in [-0.1, -0.05) is 37.6 Å². The van der Waals surface area contributed by atoms with E-state index in [0.717, 1.165) is 30.7 Å². The summed E-state index contributed by atoms with van der Waals surface area (Å²) in [5.74, 6) is 0.739. The molecule has 2 aromatic carbocycles. The molecule has 0 spiro atoms. The zero-order chi connectivity index (χ0) is 19.1. The van der Waals surface area contributed by atoms with E-state index in [2.05, 4.69) is 19.1 Å². The van der Waals surface area contributed by atoms with Gasteiger partial charge in [-0.3, -0.25) is 0 Å². The first-order valence-corrected chi connectivity index (χ1v) is 9.35. The number of carbonyl (C=O) groups is 1. The van der Waals surface area contributed by atoms with Gasteiger partial charge in [-0.05, 0) is 41.7 Å². The molecular formula is C21H25BO5. The Balaban J connectivity index is 1.53. The summed E-state index contributed by atoms with van der Waals surface area (Å²) in [4.78, 5) is 11.5. The van der Waals surface area contributed by atoms with E-state index in [-0.39, 0.29) is 11.9 Å². The topological polar surface area (TPSA) is 54.0 Å². The molecule has 0 atom stereocenters. The molecule has 1 aliphatic rings. The van der Waals surface area contributed by atoms with Gasteiger partial charge in [-0.25, -0.2) is 4.79 Å². The summed E-state index contributed by atoms with van der Waals surface area (Å²) in [6, 6.07) is 15.3. The number of hydrogen-bond acceptors (Lipinski definition) is 5. The number of hydrogen-bond donors (Lipinski definition) is 0. The average Bonchev–Trinajstić information content (AvgIpc) is 2.74. The highest BCUT2D eigenvalue weighted by Crippen LogP contribution is 2.23. The molecule has 142 valence electrons. The number of ether oxygens (including phenoxy) is 2. The van der Waals surface area contributed by atoms with Crippen molar-refractivity contribution in [3.05, 3.63) is 59.7 Å². The van der Waals surface area contributed by atoms with Crippen molar-refractivity contribution in [2.45, 2.75) is 25.7 Å². The summed E-state index contributed by atoms with van der Waals surface area (Å²) in [6.07, 6.45) is 2.19. The van der Waals surface area contributed by atoms with E-state index in [1.807, 2.05) is 24.3 Å². The van der Waals surface area contributed by atoms with Crippen LogP contribution in [0.5, 0.6) is 5.75 Å². The molecule has 0 saturated carbocycles. The first-order valence-electron chi connectivity index (χ1n) is 9.35. The van der Waals surface area contributed by atoms with Crippen LogP contribution in [0.3, 0.4) is 0 Å². The molecule has 0 N–H and O–H groups in total.